The Bertz CT molecular complexity index is 553. The first-order valence-electron chi connectivity index (χ1n) is 5.83. The summed E-state index contributed by atoms with van der Waals surface area (Å²) < 4.78 is 0. The number of nitrogens with zero attached hydrogens (tertiary/aromatic N) is 2. The SMILES string of the molecule is N#Cc1ccc(/C=N\NC(=O)C(=O)NC2CC2)cc1. The molecule has 1 saturated carbocycles. The lowest BCUT2D eigenvalue weighted by atomic mass is 10.2. The Balaban J connectivity index is 1.82. The van der Waals surface area contributed by atoms with Gasteiger partial charge in [-0.15, -0.1) is 0 Å². The number of carbonyl (C=O) groups is 2. The fraction of sp³-hybridized carbons (Fsp3) is 0.231. The number of nitrogens with one attached hydrogen (secondary N) is 2. The highest BCUT2D eigenvalue weighted by atomic mass is 16.2. The minimum atomic E-state index is -0.781. The third kappa shape index (κ3) is 3.92. The highest BCUT2D eigenvalue weighted by Gasteiger charge is 2.26. The molecule has 1 fully saturated rings. The van der Waals surface area contributed by atoms with Gasteiger partial charge >= 0.3 is 11.8 Å². The van der Waals surface area contributed by atoms with Gasteiger partial charge in [-0.3, -0.25) is 9.59 Å². The third-order valence-corrected chi connectivity index (χ3v) is 2.54. The summed E-state index contributed by atoms with van der Waals surface area (Å²) in [4.78, 5) is 22.6. The standard InChI is InChI=1S/C13H12N4O2/c14-7-9-1-3-10(4-2-9)8-15-17-13(19)12(18)16-11-5-6-11/h1-4,8,11H,5-6H2,(H,16,18)(H,17,19)/b15-8-. The van der Waals surface area contributed by atoms with E-state index in [2.05, 4.69) is 15.8 Å². The van der Waals surface area contributed by atoms with Crippen molar-refractivity contribution in [1.82, 2.24) is 10.7 Å². The van der Waals surface area contributed by atoms with Crippen molar-refractivity contribution in [3.8, 4) is 6.07 Å². The average molecular weight is 256 g/mol. The summed E-state index contributed by atoms with van der Waals surface area (Å²) in [6.07, 6.45) is 3.25. The molecule has 0 aliphatic heterocycles. The van der Waals surface area contributed by atoms with Gasteiger partial charge in [0, 0.05) is 6.04 Å². The molecule has 6 nitrogen and oxygen atoms in total. The molecule has 0 atom stereocenters. The number of carbonyl (C=O) groups excluding carboxylic acids is 2. The Kier molecular flexibility index (Phi) is 3.88. The summed E-state index contributed by atoms with van der Waals surface area (Å²) in [6.45, 7) is 0. The van der Waals surface area contributed by atoms with Crippen molar-refractivity contribution in [2.75, 3.05) is 0 Å². The molecule has 0 radical (unpaired) electrons. The van der Waals surface area contributed by atoms with Gasteiger partial charge in [-0.1, -0.05) is 12.1 Å². The molecule has 0 spiro atoms. The van der Waals surface area contributed by atoms with E-state index in [0.717, 1.165) is 18.4 Å². The molecular weight excluding hydrogens is 244 g/mol. The van der Waals surface area contributed by atoms with Crippen molar-refractivity contribution >= 4 is 18.0 Å². The van der Waals surface area contributed by atoms with Crippen LogP contribution in [-0.4, -0.2) is 24.1 Å². The van der Waals surface area contributed by atoms with Crippen LogP contribution in [0.2, 0.25) is 0 Å². The van der Waals surface area contributed by atoms with Crippen molar-refractivity contribution in [2.45, 2.75) is 18.9 Å². The molecule has 2 amide bonds. The van der Waals surface area contributed by atoms with Crippen LogP contribution >= 0.6 is 0 Å². The van der Waals surface area contributed by atoms with Crippen molar-refractivity contribution in [3.05, 3.63) is 35.4 Å². The Labute approximate surface area is 110 Å². The van der Waals surface area contributed by atoms with Crippen molar-refractivity contribution in [3.63, 3.8) is 0 Å². The summed E-state index contributed by atoms with van der Waals surface area (Å²) in [7, 11) is 0. The minimum absolute atomic E-state index is 0.140. The summed E-state index contributed by atoms with van der Waals surface area (Å²) >= 11 is 0. The molecule has 0 heterocycles. The molecule has 1 aliphatic carbocycles. The zero-order chi connectivity index (χ0) is 13.7. The summed E-state index contributed by atoms with van der Waals surface area (Å²) in [5.74, 6) is -1.45. The number of nitriles is 1. The van der Waals surface area contributed by atoms with Gasteiger partial charge in [-0.2, -0.15) is 10.4 Å². The number of amides is 2. The number of benzene rings is 1. The molecule has 96 valence electrons. The molecule has 0 unspecified atom stereocenters. The lowest BCUT2D eigenvalue weighted by Gasteiger charge is -2.00. The van der Waals surface area contributed by atoms with Gasteiger partial charge in [0.1, 0.15) is 0 Å². The molecule has 1 aromatic carbocycles. The van der Waals surface area contributed by atoms with Gasteiger partial charge in [0.2, 0.25) is 0 Å². The Morgan fingerprint density at radius 1 is 1.26 bits per heavy atom. The summed E-state index contributed by atoms with van der Waals surface area (Å²) in [6, 6.07) is 8.81. The zero-order valence-corrected chi connectivity index (χ0v) is 10.1. The molecule has 1 aromatic rings. The van der Waals surface area contributed by atoms with Crippen LogP contribution in [-0.2, 0) is 9.59 Å². The van der Waals surface area contributed by atoms with Crippen molar-refractivity contribution in [1.29, 1.82) is 5.26 Å². The molecule has 19 heavy (non-hydrogen) atoms. The van der Waals surface area contributed by atoms with Crippen molar-refractivity contribution < 1.29 is 9.59 Å². The van der Waals surface area contributed by atoms with Crippen LogP contribution in [0.3, 0.4) is 0 Å². The van der Waals surface area contributed by atoms with Crippen LogP contribution < -0.4 is 10.7 Å². The van der Waals surface area contributed by atoms with E-state index in [-0.39, 0.29) is 6.04 Å². The third-order valence-electron chi connectivity index (χ3n) is 2.54. The van der Waals surface area contributed by atoms with Gasteiger partial charge in [0.15, 0.2) is 0 Å². The van der Waals surface area contributed by atoms with Gasteiger partial charge in [-0.05, 0) is 30.5 Å². The quantitative estimate of drug-likeness (QED) is 0.462. The second-order valence-electron chi connectivity index (χ2n) is 4.18. The summed E-state index contributed by atoms with van der Waals surface area (Å²) in [5, 5.41) is 14.9. The maximum atomic E-state index is 11.3. The predicted octanol–water partition coefficient (Wildman–Crippen LogP) is 0.287. The number of hydrazone groups is 1. The normalized spacial score (nSPS) is 13.8. The topological polar surface area (TPSA) is 94.3 Å². The van der Waals surface area contributed by atoms with Crippen molar-refractivity contribution in [2.24, 2.45) is 5.10 Å². The number of hydrogen-bond donors (Lipinski definition) is 2. The number of hydrogen-bond acceptors (Lipinski definition) is 4. The van der Waals surface area contributed by atoms with E-state index in [1.807, 2.05) is 6.07 Å². The molecule has 0 bridgehead atoms. The highest BCUT2D eigenvalue weighted by Crippen LogP contribution is 2.18. The van der Waals surface area contributed by atoms with E-state index in [0.29, 0.717) is 5.56 Å². The zero-order valence-electron chi connectivity index (χ0n) is 10.1. The van der Waals surface area contributed by atoms with Crippen LogP contribution in [0.1, 0.15) is 24.0 Å². The molecule has 0 saturated heterocycles. The van der Waals surface area contributed by atoms with E-state index >= 15 is 0 Å². The monoisotopic (exact) mass is 256 g/mol. The number of rotatable bonds is 3. The maximum absolute atomic E-state index is 11.3. The smallest absolute Gasteiger partial charge is 0.329 e. The maximum Gasteiger partial charge on any atom is 0.329 e. The first-order chi connectivity index (χ1) is 9.19. The van der Waals surface area contributed by atoms with Gasteiger partial charge in [-0.25, -0.2) is 5.43 Å². The Morgan fingerprint density at radius 3 is 2.53 bits per heavy atom. The van der Waals surface area contributed by atoms with E-state index in [4.69, 9.17) is 5.26 Å². The molecule has 2 N–H and O–H groups in total. The van der Waals surface area contributed by atoms with E-state index in [1.165, 1.54) is 6.21 Å². The van der Waals surface area contributed by atoms with Gasteiger partial charge in [0.25, 0.3) is 0 Å². The Morgan fingerprint density at radius 2 is 1.95 bits per heavy atom. The highest BCUT2D eigenvalue weighted by molar-refractivity contribution is 6.35. The predicted molar refractivity (Wildman–Crippen MR) is 68.1 cm³/mol. The van der Waals surface area contributed by atoms with Crippen LogP contribution in [0.15, 0.2) is 29.4 Å². The minimum Gasteiger partial charge on any atom is -0.345 e. The Hall–Kier alpha value is -2.68. The van der Waals surface area contributed by atoms with E-state index in [9.17, 15) is 9.59 Å². The van der Waals surface area contributed by atoms with Gasteiger partial charge < -0.3 is 5.32 Å². The fourth-order valence-electron chi connectivity index (χ4n) is 1.34. The summed E-state index contributed by atoms with van der Waals surface area (Å²) in [5.41, 5.74) is 3.42. The first kappa shape index (κ1) is 12.8. The second-order valence-corrected chi connectivity index (χ2v) is 4.18. The van der Waals surface area contributed by atoms with Gasteiger partial charge in [0.05, 0.1) is 17.8 Å². The van der Waals surface area contributed by atoms with Crippen LogP contribution in [0.25, 0.3) is 0 Å². The fourth-order valence-corrected chi connectivity index (χ4v) is 1.34. The molecule has 6 heteroatoms. The molecular formula is C13H12N4O2. The van der Waals surface area contributed by atoms with E-state index < -0.39 is 11.8 Å². The molecule has 0 aromatic heterocycles. The molecule has 2 rings (SSSR count). The first-order valence-corrected chi connectivity index (χ1v) is 5.83. The molecule has 1 aliphatic rings. The van der Waals surface area contributed by atoms with Crippen LogP contribution in [0.5, 0.6) is 0 Å². The average Bonchev–Trinajstić information content (AvgIpc) is 3.23. The van der Waals surface area contributed by atoms with E-state index in [1.54, 1.807) is 24.3 Å². The lowest BCUT2D eigenvalue weighted by Crippen LogP contribution is -2.38. The van der Waals surface area contributed by atoms with Crippen LogP contribution in [0.4, 0.5) is 0 Å². The second kappa shape index (κ2) is 5.78. The van der Waals surface area contributed by atoms with Crippen LogP contribution in [0, 0.1) is 11.3 Å². The largest absolute Gasteiger partial charge is 0.345 e. The lowest BCUT2D eigenvalue weighted by molar-refractivity contribution is -0.139.